The lowest BCUT2D eigenvalue weighted by atomic mass is 10.1. The number of hydrogen-bond donors (Lipinski definition) is 3. The third-order valence-electron chi connectivity index (χ3n) is 6.82. The van der Waals surface area contributed by atoms with Gasteiger partial charge in [-0.2, -0.15) is 5.10 Å². The van der Waals surface area contributed by atoms with Gasteiger partial charge in [-0.05, 0) is 35.4 Å². The molecule has 8 nitrogen and oxygen atoms in total. The van der Waals surface area contributed by atoms with Gasteiger partial charge in [0, 0.05) is 53.8 Å². The van der Waals surface area contributed by atoms with Crippen molar-refractivity contribution in [1.82, 2.24) is 40.4 Å². The molecule has 0 atom stereocenters. The highest BCUT2D eigenvalue weighted by molar-refractivity contribution is 5.96. The van der Waals surface area contributed by atoms with Gasteiger partial charge in [0.05, 0.1) is 22.9 Å². The highest BCUT2D eigenvalue weighted by Gasteiger charge is 2.18. The van der Waals surface area contributed by atoms with E-state index in [0.29, 0.717) is 40.4 Å². The lowest BCUT2D eigenvalue weighted by molar-refractivity contribution is 0.631. The fourth-order valence-electron chi connectivity index (χ4n) is 4.85. The van der Waals surface area contributed by atoms with Gasteiger partial charge < -0.3 is 10.3 Å². The topological polar surface area (TPSA) is 108 Å². The van der Waals surface area contributed by atoms with E-state index < -0.39 is 0 Å². The van der Waals surface area contributed by atoms with Crippen LogP contribution in [0.5, 0.6) is 0 Å². The molecule has 0 bridgehead atoms. The van der Waals surface area contributed by atoms with Crippen LogP contribution in [0.2, 0.25) is 0 Å². The van der Waals surface area contributed by atoms with Gasteiger partial charge in [0.15, 0.2) is 11.5 Å². The molecular formula is C31H23FN8. The summed E-state index contributed by atoms with van der Waals surface area (Å²) >= 11 is 0. The number of halogens is 1. The van der Waals surface area contributed by atoms with E-state index in [-0.39, 0.29) is 5.82 Å². The van der Waals surface area contributed by atoms with E-state index in [1.54, 1.807) is 42.9 Å². The van der Waals surface area contributed by atoms with Gasteiger partial charge in [-0.1, -0.05) is 48.5 Å². The van der Waals surface area contributed by atoms with E-state index in [2.05, 4.69) is 58.6 Å². The van der Waals surface area contributed by atoms with Crippen LogP contribution in [0.3, 0.4) is 0 Å². The zero-order valence-electron chi connectivity index (χ0n) is 21.3. The summed E-state index contributed by atoms with van der Waals surface area (Å²) in [5, 5.41) is 11.9. The summed E-state index contributed by atoms with van der Waals surface area (Å²) < 4.78 is 14.6. The average molecular weight is 527 g/mol. The quantitative estimate of drug-likeness (QED) is 0.233. The van der Waals surface area contributed by atoms with Crippen molar-refractivity contribution in [3.05, 3.63) is 115 Å². The predicted molar refractivity (Wildman–Crippen MR) is 152 cm³/mol. The number of nitrogens with zero attached hydrogens (tertiary/aromatic N) is 5. The van der Waals surface area contributed by atoms with E-state index in [0.717, 1.165) is 34.3 Å². The van der Waals surface area contributed by atoms with E-state index >= 15 is 0 Å². The Hall–Kier alpha value is -5.28. The summed E-state index contributed by atoms with van der Waals surface area (Å²) in [5.74, 6) is 0.227. The van der Waals surface area contributed by atoms with Crippen molar-refractivity contribution in [2.45, 2.75) is 13.1 Å². The van der Waals surface area contributed by atoms with Crippen molar-refractivity contribution < 1.29 is 4.39 Å². The molecule has 0 saturated carbocycles. The first-order chi connectivity index (χ1) is 19.7. The Morgan fingerprint density at radius 2 is 1.65 bits per heavy atom. The van der Waals surface area contributed by atoms with Gasteiger partial charge in [0.2, 0.25) is 0 Å². The fraction of sp³-hybridized carbons (Fsp3) is 0.0645. The molecule has 9 heteroatoms. The molecule has 0 amide bonds. The van der Waals surface area contributed by atoms with Crippen molar-refractivity contribution in [3.8, 4) is 33.9 Å². The molecule has 7 aromatic rings. The Morgan fingerprint density at radius 3 is 2.55 bits per heavy atom. The van der Waals surface area contributed by atoms with Crippen LogP contribution < -0.4 is 5.32 Å². The van der Waals surface area contributed by atoms with Crippen LogP contribution >= 0.6 is 0 Å². The van der Waals surface area contributed by atoms with Crippen molar-refractivity contribution >= 4 is 22.1 Å². The SMILES string of the molecule is Fc1ccccc1-c1ccnc2nc(-c3n[nH]c4cnc(-c5cncc(CNCc6ccccc6)c5)cc34)[nH]c12. The molecule has 5 aromatic heterocycles. The fourth-order valence-corrected chi connectivity index (χ4v) is 4.85. The molecule has 3 N–H and O–H groups in total. The Balaban J connectivity index is 1.21. The molecule has 40 heavy (non-hydrogen) atoms. The highest BCUT2D eigenvalue weighted by atomic mass is 19.1. The van der Waals surface area contributed by atoms with Gasteiger partial charge >= 0.3 is 0 Å². The lowest BCUT2D eigenvalue weighted by Gasteiger charge is -2.07. The third kappa shape index (κ3) is 4.48. The zero-order valence-corrected chi connectivity index (χ0v) is 21.3. The van der Waals surface area contributed by atoms with E-state index in [1.165, 1.54) is 11.6 Å². The second-order valence-electron chi connectivity index (χ2n) is 9.48. The summed E-state index contributed by atoms with van der Waals surface area (Å²) in [7, 11) is 0. The number of imidazole rings is 1. The average Bonchev–Trinajstić information content (AvgIpc) is 3.62. The van der Waals surface area contributed by atoms with E-state index in [1.807, 2.05) is 30.5 Å². The normalized spacial score (nSPS) is 11.4. The number of hydrogen-bond acceptors (Lipinski definition) is 6. The van der Waals surface area contributed by atoms with Crippen LogP contribution in [0.1, 0.15) is 11.1 Å². The van der Waals surface area contributed by atoms with Crippen molar-refractivity contribution in [2.75, 3.05) is 0 Å². The summed E-state index contributed by atoms with van der Waals surface area (Å²) in [6, 6.07) is 22.8. The molecule has 0 aliphatic carbocycles. The van der Waals surface area contributed by atoms with E-state index in [9.17, 15) is 4.39 Å². The molecule has 2 aromatic carbocycles. The van der Waals surface area contributed by atoms with E-state index in [4.69, 9.17) is 0 Å². The molecular weight excluding hydrogens is 503 g/mol. The second-order valence-corrected chi connectivity index (χ2v) is 9.48. The first-order valence-corrected chi connectivity index (χ1v) is 12.9. The van der Waals surface area contributed by atoms with Crippen LogP contribution in [0.4, 0.5) is 4.39 Å². The van der Waals surface area contributed by atoms with Gasteiger partial charge in [-0.3, -0.25) is 15.1 Å². The molecule has 0 aliphatic heterocycles. The minimum Gasteiger partial charge on any atom is -0.335 e. The van der Waals surface area contributed by atoms with Crippen molar-refractivity contribution in [2.24, 2.45) is 0 Å². The van der Waals surface area contributed by atoms with Crippen LogP contribution in [0.25, 0.3) is 56.0 Å². The Morgan fingerprint density at radius 1 is 0.800 bits per heavy atom. The first kappa shape index (κ1) is 23.8. The maximum atomic E-state index is 14.6. The number of nitrogens with one attached hydrogen (secondary N) is 3. The molecule has 0 saturated heterocycles. The molecule has 0 unspecified atom stereocenters. The molecule has 194 valence electrons. The Bertz CT molecular complexity index is 1960. The van der Waals surface area contributed by atoms with Gasteiger partial charge in [0.1, 0.15) is 11.5 Å². The number of benzene rings is 2. The van der Waals surface area contributed by atoms with Gasteiger partial charge in [-0.15, -0.1) is 0 Å². The van der Waals surface area contributed by atoms with Gasteiger partial charge in [-0.25, -0.2) is 14.4 Å². The number of aromatic amines is 2. The molecule has 0 radical (unpaired) electrons. The maximum Gasteiger partial charge on any atom is 0.178 e. The monoisotopic (exact) mass is 526 g/mol. The molecule has 0 aliphatic rings. The van der Waals surface area contributed by atoms with Crippen molar-refractivity contribution in [3.63, 3.8) is 0 Å². The minimum absolute atomic E-state index is 0.307. The van der Waals surface area contributed by atoms with Crippen molar-refractivity contribution in [1.29, 1.82) is 0 Å². The minimum atomic E-state index is -0.307. The Kier molecular flexibility index (Phi) is 6.02. The summed E-state index contributed by atoms with van der Waals surface area (Å²) in [6.07, 6.45) is 7.06. The second kappa shape index (κ2) is 10.1. The largest absolute Gasteiger partial charge is 0.335 e. The van der Waals surface area contributed by atoms with Crippen LogP contribution in [0.15, 0.2) is 97.6 Å². The Labute approximate surface area is 228 Å². The van der Waals surface area contributed by atoms with Crippen LogP contribution in [-0.2, 0) is 13.1 Å². The maximum absolute atomic E-state index is 14.6. The number of H-pyrrole nitrogens is 2. The predicted octanol–water partition coefficient (Wildman–Crippen LogP) is 6.05. The van der Waals surface area contributed by atoms with Crippen LogP contribution in [0, 0.1) is 5.82 Å². The zero-order chi connectivity index (χ0) is 26.9. The lowest BCUT2D eigenvalue weighted by Crippen LogP contribution is -2.12. The third-order valence-corrected chi connectivity index (χ3v) is 6.82. The highest BCUT2D eigenvalue weighted by Crippen LogP contribution is 2.32. The smallest absolute Gasteiger partial charge is 0.178 e. The van der Waals surface area contributed by atoms with Gasteiger partial charge in [0.25, 0.3) is 0 Å². The number of fused-ring (bicyclic) bond motifs is 2. The molecule has 0 spiro atoms. The number of rotatable bonds is 7. The molecule has 0 fully saturated rings. The summed E-state index contributed by atoms with van der Waals surface area (Å²) in [5.41, 5.74) is 7.67. The number of aromatic nitrogens is 7. The standard InChI is InChI=1S/C31H23FN8/c32-25-9-5-4-8-22(25)23-10-11-35-30-28(23)37-31(38-30)29-24-13-26(36-18-27(24)39-40-29)21-12-20(16-34-17-21)15-33-14-19-6-2-1-3-7-19/h1-13,16-18,33H,14-15H2,(H,39,40)(H,35,37,38). The summed E-state index contributed by atoms with van der Waals surface area (Å²) in [4.78, 5) is 21.5. The molecule has 7 rings (SSSR count). The van der Waals surface area contributed by atoms with Crippen LogP contribution in [-0.4, -0.2) is 35.1 Å². The number of pyridine rings is 3. The molecule has 5 heterocycles. The first-order valence-electron chi connectivity index (χ1n) is 12.9. The summed E-state index contributed by atoms with van der Waals surface area (Å²) in [6.45, 7) is 1.46.